The number of nitrogens with zero attached hydrogens (tertiary/aromatic N) is 1. The Labute approximate surface area is 140 Å². The average Bonchev–Trinajstić information content (AvgIpc) is 2.48. The van der Waals surface area contributed by atoms with E-state index in [0.29, 0.717) is 22.3 Å². The number of amides is 1. The van der Waals surface area contributed by atoms with Crippen LogP contribution in [0.1, 0.15) is 12.5 Å². The standard InChI is InChI=1S/C17H17Cl2NO2/c1-12(22-16-5-3-4-15(19)10-16)17(21)20(2)11-13-6-8-14(18)9-7-13/h3-10,12H,11H2,1-2H3. The fourth-order valence-corrected chi connectivity index (χ4v) is 2.35. The number of benzene rings is 2. The molecule has 3 nitrogen and oxygen atoms in total. The second-order valence-corrected chi connectivity index (χ2v) is 5.91. The molecule has 0 heterocycles. The van der Waals surface area contributed by atoms with Crippen molar-refractivity contribution < 1.29 is 9.53 Å². The average molecular weight is 338 g/mol. The normalized spacial score (nSPS) is 11.8. The SMILES string of the molecule is CC(Oc1cccc(Cl)c1)C(=O)N(C)Cc1ccc(Cl)cc1. The zero-order valence-electron chi connectivity index (χ0n) is 12.4. The van der Waals surface area contributed by atoms with Crippen LogP contribution in [0.25, 0.3) is 0 Å². The first-order valence-electron chi connectivity index (χ1n) is 6.87. The lowest BCUT2D eigenvalue weighted by Gasteiger charge is -2.22. The Morgan fingerprint density at radius 1 is 1.14 bits per heavy atom. The first kappa shape index (κ1) is 16.7. The molecule has 0 bridgehead atoms. The summed E-state index contributed by atoms with van der Waals surface area (Å²) in [5.74, 6) is 0.475. The maximum absolute atomic E-state index is 12.3. The minimum absolute atomic E-state index is 0.102. The predicted molar refractivity (Wildman–Crippen MR) is 89.5 cm³/mol. The summed E-state index contributed by atoms with van der Waals surface area (Å²) in [6.07, 6.45) is -0.587. The van der Waals surface area contributed by atoms with Crippen LogP contribution >= 0.6 is 23.2 Å². The Hall–Kier alpha value is -1.71. The van der Waals surface area contributed by atoms with Crippen LogP contribution in [-0.4, -0.2) is 24.0 Å². The van der Waals surface area contributed by atoms with Crippen molar-refractivity contribution in [2.45, 2.75) is 19.6 Å². The van der Waals surface area contributed by atoms with E-state index in [-0.39, 0.29) is 5.91 Å². The molecular formula is C17H17Cl2NO2. The second-order valence-electron chi connectivity index (χ2n) is 5.04. The van der Waals surface area contributed by atoms with Gasteiger partial charge in [-0.05, 0) is 42.8 Å². The molecular weight excluding hydrogens is 321 g/mol. The number of ether oxygens (including phenoxy) is 1. The molecule has 2 aromatic rings. The van der Waals surface area contributed by atoms with Gasteiger partial charge in [-0.15, -0.1) is 0 Å². The van der Waals surface area contributed by atoms with Crippen molar-refractivity contribution in [2.75, 3.05) is 7.05 Å². The van der Waals surface area contributed by atoms with E-state index < -0.39 is 6.10 Å². The molecule has 0 radical (unpaired) electrons. The fourth-order valence-electron chi connectivity index (χ4n) is 2.05. The van der Waals surface area contributed by atoms with E-state index in [1.165, 1.54) is 0 Å². The van der Waals surface area contributed by atoms with Gasteiger partial charge in [-0.25, -0.2) is 0 Å². The second kappa shape index (κ2) is 7.52. The van der Waals surface area contributed by atoms with Crippen LogP contribution in [0.2, 0.25) is 10.0 Å². The molecule has 0 saturated carbocycles. The van der Waals surface area contributed by atoms with Crippen molar-refractivity contribution in [3.05, 3.63) is 64.1 Å². The lowest BCUT2D eigenvalue weighted by atomic mass is 10.2. The van der Waals surface area contributed by atoms with Crippen LogP contribution in [0.15, 0.2) is 48.5 Å². The predicted octanol–water partition coefficient (Wildman–Crippen LogP) is 4.42. The molecule has 2 rings (SSSR count). The molecule has 1 atom stereocenters. The first-order chi connectivity index (χ1) is 10.5. The van der Waals surface area contributed by atoms with E-state index in [1.807, 2.05) is 12.1 Å². The van der Waals surface area contributed by atoms with Gasteiger partial charge in [0.25, 0.3) is 5.91 Å². The fraction of sp³-hybridized carbons (Fsp3) is 0.235. The van der Waals surface area contributed by atoms with E-state index in [9.17, 15) is 4.79 Å². The zero-order valence-corrected chi connectivity index (χ0v) is 13.9. The van der Waals surface area contributed by atoms with E-state index in [1.54, 1.807) is 55.3 Å². The van der Waals surface area contributed by atoms with E-state index >= 15 is 0 Å². The van der Waals surface area contributed by atoms with E-state index in [2.05, 4.69) is 0 Å². The Balaban J connectivity index is 1.96. The number of carbonyl (C=O) groups is 1. The highest BCUT2D eigenvalue weighted by atomic mass is 35.5. The molecule has 1 unspecified atom stereocenters. The van der Waals surface area contributed by atoms with Crippen molar-refractivity contribution >= 4 is 29.1 Å². The molecule has 0 fully saturated rings. The lowest BCUT2D eigenvalue weighted by molar-refractivity contribution is -0.137. The van der Waals surface area contributed by atoms with Crippen LogP contribution in [0.4, 0.5) is 0 Å². The number of likely N-dealkylation sites (N-methyl/N-ethyl adjacent to an activating group) is 1. The molecule has 1 amide bonds. The van der Waals surface area contributed by atoms with Crippen LogP contribution in [0.5, 0.6) is 5.75 Å². The molecule has 0 spiro atoms. The van der Waals surface area contributed by atoms with Crippen molar-refractivity contribution in [1.82, 2.24) is 4.90 Å². The van der Waals surface area contributed by atoms with Gasteiger partial charge in [0.05, 0.1) is 0 Å². The maximum atomic E-state index is 12.3. The summed E-state index contributed by atoms with van der Waals surface area (Å²) in [6.45, 7) is 2.22. The van der Waals surface area contributed by atoms with Crippen LogP contribution in [-0.2, 0) is 11.3 Å². The lowest BCUT2D eigenvalue weighted by Crippen LogP contribution is -2.37. The molecule has 0 aliphatic heterocycles. The first-order valence-corrected chi connectivity index (χ1v) is 7.63. The van der Waals surface area contributed by atoms with Crippen molar-refractivity contribution in [1.29, 1.82) is 0 Å². The molecule has 0 aromatic heterocycles. The molecule has 0 aliphatic carbocycles. The van der Waals surface area contributed by atoms with Crippen LogP contribution in [0.3, 0.4) is 0 Å². The number of rotatable bonds is 5. The van der Waals surface area contributed by atoms with Gasteiger partial charge in [0, 0.05) is 23.6 Å². The Kier molecular flexibility index (Phi) is 5.69. The maximum Gasteiger partial charge on any atom is 0.263 e. The van der Waals surface area contributed by atoms with Gasteiger partial charge in [-0.2, -0.15) is 0 Å². The minimum atomic E-state index is -0.587. The van der Waals surface area contributed by atoms with Gasteiger partial charge in [0.1, 0.15) is 5.75 Å². The quantitative estimate of drug-likeness (QED) is 0.808. The van der Waals surface area contributed by atoms with Gasteiger partial charge in [-0.1, -0.05) is 41.4 Å². The number of hydrogen-bond donors (Lipinski definition) is 0. The topological polar surface area (TPSA) is 29.5 Å². The number of hydrogen-bond acceptors (Lipinski definition) is 2. The van der Waals surface area contributed by atoms with E-state index in [0.717, 1.165) is 5.56 Å². The van der Waals surface area contributed by atoms with Gasteiger partial charge >= 0.3 is 0 Å². The highest BCUT2D eigenvalue weighted by Gasteiger charge is 2.19. The molecule has 0 N–H and O–H groups in total. The summed E-state index contributed by atoms with van der Waals surface area (Å²) in [5, 5.41) is 1.25. The Bertz CT molecular complexity index is 643. The number of halogens is 2. The number of carbonyl (C=O) groups excluding carboxylic acids is 1. The summed E-state index contributed by atoms with van der Waals surface area (Å²) in [5.41, 5.74) is 1.01. The highest BCUT2D eigenvalue weighted by molar-refractivity contribution is 6.30. The third-order valence-electron chi connectivity index (χ3n) is 3.17. The van der Waals surface area contributed by atoms with Crippen molar-refractivity contribution in [3.8, 4) is 5.75 Å². The van der Waals surface area contributed by atoms with Crippen molar-refractivity contribution in [2.24, 2.45) is 0 Å². The molecule has 22 heavy (non-hydrogen) atoms. The Morgan fingerprint density at radius 3 is 2.45 bits per heavy atom. The molecule has 0 saturated heterocycles. The van der Waals surface area contributed by atoms with E-state index in [4.69, 9.17) is 27.9 Å². The van der Waals surface area contributed by atoms with Gasteiger partial charge in [0.15, 0.2) is 6.10 Å². The molecule has 0 aliphatic rings. The van der Waals surface area contributed by atoms with Gasteiger partial charge < -0.3 is 9.64 Å². The largest absolute Gasteiger partial charge is 0.481 e. The van der Waals surface area contributed by atoms with Gasteiger partial charge in [-0.3, -0.25) is 4.79 Å². The third kappa shape index (κ3) is 4.65. The Morgan fingerprint density at radius 2 is 1.82 bits per heavy atom. The summed E-state index contributed by atoms with van der Waals surface area (Å²) < 4.78 is 5.64. The third-order valence-corrected chi connectivity index (χ3v) is 3.65. The van der Waals surface area contributed by atoms with Gasteiger partial charge in [0.2, 0.25) is 0 Å². The monoisotopic (exact) mass is 337 g/mol. The smallest absolute Gasteiger partial charge is 0.263 e. The minimum Gasteiger partial charge on any atom is -0.481 e. The zero-order chi connectivity index (χ0) is 16.1. The molecule has 2 aromatic carbocycles. The molecule has 5 heteroatoms. The highest BCUT2D eigenvalue weighted by Crippen LogP contribution is 2.19. The summed E-state index contributed by atoms with van der Waals surface area (Å²) in [7, 11) is 1.74. The summed E-state index contributed by atoms with van der Waals surface area (Å²) in [4.78, 5) is 14.0. The van der Waals surface area contributed by atoms with Crippen LogP contribution in [0, 0.1) is 0 Å². The van der Waals surface area contributed by atoms with Crippen LogP contribution < -0.4 is 4.74 Å². The molecule has 116 valence electrons. The summed E-state index contributed by atoms with van der Waals surface area (Å²) >= 11 is 11.8. The van der Waals surface area contributed by atoms with Crippen molar-refractivity contribution in [3.63, 3.8) is 0 Å². The summed E-state index contributed by atoms with van der Waals surface area (Å²) in [6, 6.07) is 14.4.